The van der Waals surface area contributed by atoms with E-state index in [-0.39, 0.29) is 58.1 Å². The molecule has 20 radical (unpaired) electrons. The van der Waals surface area contributed by atoms with Crippen molar-refractivity contribution in [3.8, 4) is 0 Å². The van der Waals surface area contributed by atoms with Gasteiger partial charge in [0.15, 0.2) is 5.69 Å². The molecule has 1 aromatic heterocycles. The number of halogens is 1. The molecule has 35 heavy (non-hydrogen) atoms. The van der Waals surface area contributed by atoms with Gasteiger partial charge in [0, 0.05) is 11.8 Å². The first-order chi connectivity index (χ1) is 15.7. The molecular formula is C28H31Fe2IN4+4. The van der Waals surface area contributed by atoms with Gasteiger partial charge in [0.25, 0.3) is 0 Å². The van der Waals surface area contributed by atoms with Gasteiger partial charge in [-0.2, -0.15) is 0 Å². The van der Waals surface area contributed by atoms with Crippen molar-refractivity contribution in [1.29, 1.82) is 0 Å². The van der Waals surface area contributed by atoms with Gasteiger partial charge in [-0.15, -0.1) is 10.2 Å². The molecule has 5 rings (SSSR count). The Balaban J connectivity index is 0.000000741. The molecule has 4 nitrogen and oxygen atoms in total. The van der Waals surface area contributed by atoms with Crippen molar-refractivity contribution in [1.82, 2.24) is 19.9 Å². The number of rotatable bonds is 5. The van der Waals surface area contributed by atoms with Crippen LogP contribution < -0.4 is 28.5 Å². The van der Waals surface area contributed by atoms with Gasteiger partial charge in [-0.1, -0.05) is 0 Å². The molecule has 1 heterocycles. The van der Waals surface area contributed by atoms with Crippen LogP contribution in [0.5, 0.6) is 0 Å². The van der Waals surface area contributed by atoms with Crippen molar-refractivity contribution in [2.45, 2.75) is 13.8 Å². The molecule has 7 heteroatoms. The number of nitrogens with zero attached hydrogens (tertiary/aromatic N) is 4. The van der Waals surface area contributed by atoms with Crippen molar-refractivity contribution >= 4 is 5.69 Å². The SMILES string of the molecule is CC[N+](C)(CC)c1c([C]2[CH][CH][CH][CH]2)nnnc1[C]1[CH][CH][CH][CH]1.[CH]1[CH][CH][CH][CH]1.[CH]1[CH][CH][CH][CH]1.[Fe+2].[Fe+2].[I-]. The first-order valence-corrected chi connectivity index (χ1v) is 11.1. The Bertz CT molecular complexity index is 593. The third-order valence-electron chi connectivity index (χ3n) is 5.66. The molecular weight excluding hydrogens is 631 g/mol. The zero-order valence-electron chi connectivity index (χ0n) is 20.2. The second kappa shape index (κ2) is 19.8. The molecule has 0 saturated heterocycles. The maximum Gasteiger partial charge on any atom is 2.00 e. The van der Waals surface area contributed by atoms with E-state index >= 15 is 0 Å². The standard InChI is InChI=1S/C18H21N4.2C5H5.2Fe.HI/c1-4-22(3,5-2)18-16(14-10-6-7-11-14)19-21-20-17(18)15-12-8-9-13-15;2*1-2-4-5-3-1;;;/h6-13H,4-5H2,1-3H3;2*1-5H;;;1H/q+1;;;2*+2;/p-1. The Morgan fingerprint density at radius 2 is 0.829 bits per heavy atom. The van der Waals surface area contributed by atoms with E-state index in [4.69, 9.17) is 0 Å². The molecule has 4 fully saturated rings. The second-order valence-corrected chi connectivity index (χ2v) is 7.64. The van der Waals surface area contributed by atoms with E-state index in [1.165, 1.54) is 0 Å². The molecule has 4 aliphatic rings. The monoisotopic (exact) mass is 662 g/mol. The molecule has 0 bridgehead atoms. The van der Waals surface area contributed by atoms with Crippen LogP contribution in [0.15, 0.2) is 0 Å². The molecule has 4 saturated carbocycles. The molecule has 182 valence electrons. The third-order valence-corrected chi connectivity index (χ3v) is 5.66. The maximum atomic E-state index is 4.38. The molecule has 0 unspecified atom stereocenters. The fraction of sp³-hybridized carbons (Fsp3) is 0.179. The van der Waals surface area contributed by atoms with Gasteiger partial charge in [0.05, 0.1) is 20.1 Å². The normalized spacial score (nSPS) is 20.0. The molecule has 0 spiro atoms. The Labute approximate surface area is 254 Å². The summed E-state index contributed by atoms with van der Waals surface area (Å²) < 4.78 is 0.781. The Morgan fingerprint density at radius 1 is 0.543 bits per heavy atom. The van der Waals surface area contributed by atoms with Crippen LogP contribution >= 0.6 is 0 Å². The second-order valence-electron chi connectivity index (χ2n) is 7.64. The van der Waals surface area contributed by atoms with Crippen molar-refractivity contribution < 1.29 is 58.1 Å². The molecule has 0 aromatic carbocycles. The van der Waals surface area contributed by atoms with E-state index in [1.807, 2.05) is 89.9 Å². The molecule has 0 atom stereocenters. The molecule has 1 aromatic rings. The summed E-state index contributed by atoms with van der Waals surface area (Å²) in [5, 5.41) is 12.8. The molecule has 4 aliphatic carbocycles. The average molecular weight is 662 g/mol. The molecule has 0 N–H and O–H groups in total. The van der Waals surface area contributed by atoms with Crippen LogP contribution in [0.1, 0.15) is 25.2 Å². The van der Waals surface area contributed by atoms with Gasteiger partial charge in [-0.25, -0.2) is 0 Å². The van der Waals surface area contributed by atoms with Crippen LogP contribution in [0, 0.1) is 127 Å². The average Bonchev–Trinajstić information content (AvgIpc) is 3.65. The molecule has 0 amide bonds. The van der Waals surface area contributed by atoms with Crippen LogP contribution in [0.4, 0.5) is 5.69 Å². The zero-order chi connectivity index (χ0) is 22.7. The smallest absolute Gasteiger partial charge is 1.00 e. The van der Waals surface area contributed by atoms with Crippen LogP contribution in [0.3, 0.4) is 0 Å². The zero-order valence-corrected chi connectivity index (χ0v) is 24.5. The summed E-state index contributed by atoms with van der Waals surface area (Å²) in [5.41, 5.74) is 3.02. The van der Waals surface area contributed by atoms with Gasteiger partial charge >= 0.3 is 34.1 Å². The van der Waals surface area contributed by atoms with Crippen LogP contribution in [0.25, 0.3) is 0 Å². The minimum absolute atomic E-state index is 0. The predicted octanol–water partition coefficient (Wildman–Crippen LogP) is 1.40. The van der Waals surface area contributed by atoms with E-state index in [2.05, 4.69) is 62.0 Å². The third kappa shape index (κ3) is 10.8. The van der Waals surface area contributed by atoms with E-state index in [0.29, 0.717) is 0 Å². The first kappa shape index (κ1) is 35.7. The van der Waals surface area contributed by atoms with E-state index in [9.17, 15) is 0 Å². The fourth-order valence-electron chi connectivity index (χ4n) is 3.46. The van der Waals surface area contributed by atoms with Gasteiger partial charge in [-0.05, 0) is 135 Å². The maximum absolute atomic E-state index is 4.38. The van der Waals surface area contributed by atoms with Gasteiger partial charge in [0.2, 0.25) is 0 Å². The van der Waals surface area contributed by atoms with Crippen molar-refractivity contribution in [2.75, 3.05) is 20.1 Å². The largest absolute Gasteiger partial charge is 2.00 e. The number of hydrogen-bond acceptors (Lipinski definition) is 3. The van der Waals surface area contributed by atoms with E-state index in [1.54, 1.807) is 0 Å². The fourth-order valence-corrected chi connectivity index (χ4v) is 3.46. The summed E-state index contributed by atoms with van der Waals surface area (Å²) in [6.45, 7) is 6.36. The first-order valence-electron chi connectivity index (χ1n) is 11.1. The minimum atomic E-state index is 0. The summed E-state index contributed by atoms with van der Waals surface area (Å²) >= 11 is 0. The summed E-state index contributed by atoms with van der Waals surface area (Å²) in [7, 11) is 2.23. The van der Waals surface area contributed by atoms with Crippen molar-refractivity contribution in [2.24, 2.45) is 0 Å². The van der Waals surface area contributed by atoms with E-state index in [0.717, 1.165) is 46.5 Å². The summed E-state index contributed by atoms with van der Waals surface area (Å²) in [4.78, 5) is 0. The van der Waals surface area contributed by atoms with E-state index < -0.39 is 0 Å². The summed E-state index contributed by atoms with van der Waals surface area (Å²) in [6, 6.07) is 0. The predicted molar refractivity (Wildman–Crippen MR) is 131 cm³/mol. The Hall–Kier alpha value is 0.739. The van der Waals surface area contributed by atoms with Gasteiger partial charge in [0.1, 0.15) is 11.4 Å². The van der Waals surface area contributed by atoms with Crippen molar-refractivity contribution in [3.05, 3.63) is 139 Å². The Morgan fingerprint density at radius 3 is 1.09 bits per heavy atom. The van der Waals surface area contributed by atoms with Crippen LogP contribution in [0.2, 0.25) is 0 Å². The summed E-state index contributed by atoms with van der Waals surface area (Å²) in [5.74, 6) is 2.20. The van der Waals surface area contributed by atoms with Gasteiger partial charge < -0.3 is 24.0 Å². The number of quaternary nitrogens is 1. The topological polar surface area (TPSA) is 38.7 Å². The van der Waals surface area contributed by atoms with Gasteiger partial charge in [-0.3, -0.25) is 4.48 Å². The number of hydrogen-bond donors (Lipinski definition) is 0. The molecule has 0 aliphatic heterocycles. The quantitative estimate of drug-likeness (QED) is 0.272. The minimum Gasteiger partial charge on any atom is -1.00 e. The Kier molecular flexibility index (Phi) is 20.2. The number of aromatic nitrogens is 3. The van der Waals surface area contributed by atoms with Crippen LogP contribution in [-0.4, -0.2) is 35.5 Å². The summed E-state index contributed by atoms with van der Waals surface area (Å²) in [6.07, 6.45) is 36.5. The van der Waals surface area contributed by atoms with Crippen molar-refractivity contribution in [3.63, 3.8) is 0 Å². The van der Waals surface area contributed by atoms with Crippen LogP contribution in [-0.2, 0) is 34.1 Å².